The molecule has 4 aromatic rings. The summed E-state index contributed by atoms with van der Waals surface area (Å²) in [6.45, 7) is -1.36. The zero-order valence-electron chi connectivity index (χ0n) is 21.0. The summed E-state index contributed by atoms with van der Waals surface area (Å²) in [6, 6.07) is 13.2. The molecule has 4 rings (SSSR count). The fourth-order valence-electron chi connectivity index (χ4n) is 3.70. The number of benzene rings is 2. The van der Waals surface area contributed by atoms with Crippen LogP contribution in [-0.2, 0) is 26.4 Å². The van der Waals surface area contributed by atoms with Crippen molar-refractivity contribution >= 4 is 42.7 Å². The van der Waals surface area contributed by atoms with Crippen molar-refractivity contribution in [2.45, 2.75) is 22.5 Å². The lowest BCUT2D eigenvalue weighted by Crippen LogP contribution is -2.22. The Labute approximate surface area is 227 Å². The summed E-state index contributed by atoms with van der Waals surface area (Å²) >= 11 is 0. The zero-order chi connectivity index (χ0) is 29.3. The molecule has 0 atom stereocenters. The van der Waals surface area contributed by atoms with Crippen molar-refractivity contribution in [1.82, 2.24) is 15.0 Å². The zero-order valence-corrected chi connectivity index (χ0v) is 22.7. The fraction of sp³-hybridized carbons (Fsp3) is 0.208. The van der Waals surface area contributed by atoms with Gasteiger partial charge in [-0.05, 0) is 48.0 Å². The number of rotatable bonds is 9. The van der Waals surface area contributed by atoms with E-state index in [2.05, 4.69) is 25.6 Å². The Balaban J connectivity index is 1.74. The van der Waals surface area contributed by atoms with Gasteiger partial charge < -0.3 is 15.4 Å². The summed E-state index contributed by atoms with van der Waals surface area (Å²) in [5.41, 5.74) is 1.36. The highest BCUT2D eigenvalue weighted by molar-refractivity contribution is 7.90. The van der Waals surface area contributed by atoms with Crippen molar-refractivity contribution in [3.8, 4) is 17.0 Å². The molecule has 0 saturated carbocycles. The Hall–Kier alpha value is -4.02. The van der Waals surface area contributed by atoms with Crippen LogP contribution < -0.4 is 20.5 Å². The molecule has 212 valence electrons. The number of methoxy groups -OCH3 is 1. The predicted octanol–water partition coefficient (Wildman–Crippen LogP) is 3.34. The van der Waals surface area contributed by atoms with E-state index in [-0.39, 0.29) is 50.6 Å². The smallest absolute Gasteiger partial charge is 0.405 e. The van der Waals surface area contributed by atoms with Gasteiger partial charge in [0.1, 0.15) is 22.7 Å². The van der Waals surface area contributed by atoms with Crippen molar-refractivity contribution in [2.75, 3.05) is 30.5 Å². The molecule has 0 amide bonds. The molecule has 0 radical (unpaired) electrons. The number of aromatic nitrogens is 3. The number of fused-ring (bicyclic) bond motifs is 1. The molecule has 0 aliphatic rings. The number of nitrogens with two attached hydrogens (primary N) is 1. The van der Waals surface area contributed by atoms with E-state index >= 15 is 0 Å². The largest absolute Gasteiger partial charge is 0.495 e. The second-order valence-corrected chi connectivity index (χ2v) is 12.2. The van der Waals surface area contributed by atoms with Gasteiger partial charge in [-0.1, -0.05) is 12.1 Å². The summed E-state index contributed by atoms with van der Waals surface area (Å²) in [5, 5.41) is 10.3. The van der Waals surface area contributed by atoms with Crippen LogP contribution in [0.5, 0.6) is 5.75 Å². The number of pyridine rings is 1. The van der Waals surface area contributed by atoms with Crippen molar-refractivity contribution < 1.29 is 34.7 Å². The number of nitrogens with zero attached hydrogens (tertiary/aromatic N) is 3. The van der Waals surface area contributed by atoms with Crippen LogP contribution >= 0.6 is 0 Å². The van der Waals surface area contributed by atoms with E-state index in [9.17, 15) is 30.0 Å². The molecule has 11 nitrogen and oxygen atoms in total. The molecule has 16 heteroatoms. The van der Waals surface area contributed by atoms with Gasteiger partial charge in [0.15, 0.2) is 15.7 Å². The highest BCUT2D eigenvalue weighted by atomic mass is 32.2. The highest BCUT2D eigenvalue weighted by Gasteiger charge is 2.27. The Morgan fingerprint density at radius 1 is 0.950 bits per heavy atom. The lowest BCUT2D eigenvalue weighted by Gasteiger charge is -2.14. The highest BCUT2D eigenvalue weighted by Crippen LogP contribution is 2.31. The van der Waals surface area contributed by atoms with Crippen LogP contribution in [0.1, 0.15) is 5.56 Å². The molecule has 0 aliphatic carbocycles. The number of primary sulfonamides is 1. The second kappa shape index (κ2) is 10.9. The fourth-order valence-corrected chi connectivity index (χ4v) is 5.14. The van der Waals surface area contributed by atoms with Crippen molar-refractivity contribution in [2.24, 2.45) is 5.14 Å². The average molecular weight is 597 g/mol. The molecule has 0 unspecified atom stereocenters. The lowest BCUT2D eigenvalue weighted by molar-refractivity contribution is -0.115. The maximum absolute atomic E-state index is 13.0. The minimum absolute atomic E-state index is 0.0141. The SMILES string of the molecule is COc1ccc(-c2ccc3nc(NCc4cccc(S(N)(=O)=O)c4)nc(NCC(F)(F)F)c3n2)cc1S(C)(=O)=O. The minimum Gasteiger partial charge on any atom is -0.495 e. The van der Waals surface area contributed by atoms with E-state index in [1.807, 2.05) is 0 Å². The first kappa shape index (κ1) is 29.0. The third-order valence-corrected chi connectivity index (χ3v) is 7.56. The van der Waals surface area contributed by atoms with Crippen molar-refractivity contribution in [3.05, 3.63) is 60.2 Å². The molecule has 0 bridgehead atoms. The van der Waals surface area contributed by atoms with Gasteiger partial charge in [0.2, 0.25) is 16.0 Å². The monoisotopic (exact) mass is 596 g/mol. The van der Waals surface area contributed by atoms with Gasteiger partial charge >= 0.3 is 6.18 Å². The number of anilines is 2. The number of sulfone groups is 1. The summed E-state index contributed by atoms with van der Waals surface area (Å²) in [5.74, 6) is -0.133. The number of halogens is 3. The average Bonchev–Trinajstić information content (AvgIpc) is 2.88. The molecule has 4 N–H and O–H groups in total. The molecule has 40 heavy (non-hydrogen) atoms. The summed E-state index contributed by atoms with van der Waals surface area (Å²) in [4.78, 5) is 12.7. The normalized spacial score (nSPS) is 12.3. The van der Waals surface area contributed by atoms with Gasteiger partial charge in [-0.3, -0.25) is 0 Å². The molecule has 0 spiro atoms. The first-order valence-electron chi connectivity index (χ1n) is 11.4. The number of nitrogens with one attached hydrogen (secondary N) is 2. The number of hydrogen-bond acceptors (Lipinski definition) is 10. The van der Waals surface area contributed by atoms with E-state index in [0.717, 1.165) is 6.26 Å². The van der Waals surface area contributed by atoms with Gasteiger partial charge in [0.25, 0.3) is 0 Å². The van der Waals surface area contributed by atoms with Crippen LogP contribution in [0.4, 0.5) is 24.9 Å². The quantitative estimate of drug-likeness (QED) is 0.261. The van der Waals surface area contributed by atoms with E-state index in [4.69, 9.17) is 9.88 Å². The number of hydrogen-bond donors (Lipinski definition) is 3. The molecular formula is C24H23F3N6O5S2. The first-order chi connectivity index (χ1) is 18.6. The van der Waals surface area contributed by atoms with Crippen LogP contribution in [0.25, 0.3) is 22.3 Å². The Kier molecular flexibility index (Phi) is 7.87. The summed E-state index contributed by atoms with van der Waals surface area (Å²) in [6.07, 6.45) is -3.54. The summed E-state index contributed by atoms with van der Waals surface area (Å²) < 4.78 is 92.0. The molecular weight excluding hydrogens is 573 g/mol. The van der Waals surface area contributed by atoms with E-state index in [1.54, 1.807) is 12.1 Å². The third-order valence-electron chi connectivity index (χ3n) is 5.54. The molecule has 2 aromatic carbocycles. The van der Waals surface area contributed by atoms with Gasteiger partial charge in [-0.25, -0.2) is 31.9 Å². The van der Waals surface area contributed by atoms with E-state index < -0.39 is 32.6 Å². The molecule has 0 aliphatic heterocycles. The van der Waals surface area contributed by atoms with Crippen LogP contribution in [-0.4, -0.2) is 57.9 Å². The van der Waals surface area contributed by atoms with Gasteiger partial charge in [-0.2, -0.15) is 18.2 Å². The van der Waals surface area contributed by atoms with Gasteiger partial charge in [-0.15, -0.1) is 0 Å². The van der Waals surface area contributed by atoms with Crippen LogP contribution in [0.15, 0.2) is 64.4 Å². The number of ether oxygens (including phenoxy) is 1. The Bertz CT molecular complexity index is 1800. The predicted molar refractivity (Wildman–Crippen MR) is 142 cm³/mol. The Morgan fingerprint density at radius 2 is 1.70 bits per heavy atom. The van der Waals surface area contributed by atoms with Crippen molar-refractivity contribution in [3.63, 3.8) is 0 Å². The maximum Gasteiger partial charge on any atom is 0.405 e. The lowest BCUT2D eigenvalue weighted by atomic mass is 10.1. The molecule has 0 fully saturated rings. The molecule has 2 aromatic heterocycles. The van der Waals surface area contributed by atoms with E-state index in [0.29, 0.717) is 11.1 Å². The summed E-state index contributed by atoms with van der Waals surface area (Å²) in [7, 11) is -6.26. The number of sulfonamides is 1. The third kappa shape index (κ3) is 6.94. The molecule has 0 saturated heterocycles. The first-order valence-corrected chi connectivity index (χ1v) is 14.8. The standard InChI is InChI=1S/C24H23F3N6O5S2/c1-38-19-9-6-15(11-20(19)39(2,34)35)17-7-8-18-21(31-17)22(30-13-24(25,26)27)33-23(32-18)29-12-14-4-3-5-16(10-14)40(28,36)37/h3-11H,12-13H2,1-2H3,(H2,28,36,37)(H2,29,30,32,33). The van der Waals surface area contributed by atoms with Crippen LogP contribution in [0.3, 0.4) is 0 Å². The van der Waals surface area contributed by atoms with Crippen LogP contribution in [0.2, 0.25) is 0 Å². The van der Waals surface area contributed by atoms with Crippen LogP contribution in [0, 0.1) is 0 Å². The minimum atomic E-state index is -4.56. The second-order valence-electron chi connectivity index (χ2n) is 8.61. The number of alkyl halides is 3. The topological polar surface area (TPSA) is 166 Å². The van der Waals surface area contributed by atoms with Gasteiger partial charge in [0, 0.05) is 18.4 Å². The maximum atomic E-state index is 13.0. The Morgan fingerprint density at radius 3 is 2.35 bits per heavy atom. The molecule has 2 heterocycles. The van der Waals surface area contributed by atoms with Crippen molar-refractivity contribution in [1.29, 1.82) is 0 Å². The van der Waals surface area contributed by atoms with E-state index in [1.165, 1.54) is 49.6 Å². The van der Waals surface area contributed by atoms with Gasteiger partial charge in [0.05, 0.1) is 23.2 Å².